The fourth-order valence-electron chi connectivity index (χ4n) is 7.65. The SMILES string of the molecule is C[C@@H]1C[C@H]2[C@H]3C[C@H](F)C4=CC(=O)C(OC(=O)c5cnsn5)=C[C@]4(C)[C@@]3(F)[C@@H](O)C[C@]2(C)[C@@H]1C(=O)S. The number of allylic oxidation sites excluding steroid dienone is 3. The Bertz CT molecular complexity index is 1170. The van der Waals surface area contributed by atoms with E-state index >= 15 is 8.78 Å². The standard InChI is InChI=1S/C24H26F2N2O5S2/c1-10-4-11-12-5-14(25)13-6-16(29)17(33-20(31)15-9-27-35-28-15)7-23(13,3)24(12,26)18(30)8-22(11,2)19(10)21(32)34/h6-7,9-12,14,18-19,30H,4-5,8H2,1-3H3,(H,32,34)/t10-,11+,12-,14+,18+,19+,22+,23+,24+/m1/s1. The number of aromatic nitrogens is 2. The van der Waals surface area contributed by atoms with Gasteiger partial charge in [-0.15, -0.1) is 12.6 Å². The molecule has 1 aromatic heterocycles. The predicted molar refractivity (Wildman–Crippen MR) is 125 cm³/mol. The zero-order valence-electron chi connectivity index (χ0n) is 19.4. The Morgan fingerprint density at radius 1 is 1.29 bits per heavy atom. The molecule has 0 aliphatic heterocycles. The van der Waals surface area contributed by atoms with Crippen molar-refractivity contribution in [2.24, 2.45) is 34.5 Å². The van der Waals surface area contributed by atoms with Crippen molar-refractivity contribution in [2.75, 3.05) is 0 Å². The summed E-state index contributed by atoms with van der Waals surface area (Å²) >= 11 is 4.86. The third kappa shape index (κ3) is 3.26. The summed E-state index contributed by atoms with van der Waals surface area (Å²) in [5.41, 5.74) is -5.02. The van der Waals surface area contributed by atoms with Gasteiger partial charge in [0.15, 0.2) is 22.2 Å². The summed E-state index contributed by atoms with van der Waals surface area (Å²) in [5.74, 6) is -4.01. The molecule has 35 heavy (non-hydrogen) atoms. The third-order valence-corrected chi connectivity index (χ3v) is 9.83. The minimum atomic E-state index is -2.35. The van der Waals surface area contributed by atoms with E-state index in [-0.39, 0.29) is 41.1 Å². The Morgan fingerprint density at radius 2 is 2.00 bits per heavy atom. The molecule has 0 radical (unpaired) electrons. The fraction of sp³-hybridized carbons (Fsp3) is 0.625. The lowest BCUT2D eigenvalue weighted by Gasteiger charge is -2.62. The highest BCUT2D eigenvalue weighted by Crippen LogP contribution is 2.70. The Balaban J connectivity index is 1.58. The van der Waals surface area contributed by atoms with Gasteiger partial charge in [0, 0.05) is 11.8 Å². The number of aliphatic hydroxyl groups is 1. The summed E-state index contributed by atoms with van der Waals surface area (Å²) in [7, 11) is 0. The predicted octanol–water partition coefficient (Wildman–Crippen LogP) is 3.66. The summed E-state index contributed by atoms with van der Waals surface area (Å²) in [5, 5.41) is 11.0. The number of hydrogen-bond acceptors (Lipinski definition) is 8. The molecular formula is C24H26F2N2O5S2. The number of carbonyl (C=O) groups is 3. The number of ether oxygens (including phenoxy) is 1. The van der Waals surface area contributed by atoms with Crippen LogP contribution < -0.4 is 0 Å². The van der Waals surface area contributed by atoms with E-state index in [1.165, 1.54) is 13.1 Å². The van der Waals surface area contributed by atoms with Gasteiger partial charge in [-0.2, -0.15) is 8.75 Å². The van der Waals surface area contributed by atoms with Crippen molar-refractivity contribution in [3.63, 3.8) is 0 Å². The van der Waals surface area contributed by atoms with Crippen molar-refractivity contribution in [1.29, 1.82) is 0 Å². The van der Waals surface area contributed by atoms with E-state index in [4.69, 9.17) is 4.74 Å². The molecule has 1 N–H and O–H groups in total. The first kappa shape index (κ1) is 24.7. The summed E-state index contributed by atoms with van der Waals surface area (Å²) in [6, 6.07) is 0. The van der Waals surface area contributed by atoms with Crippen molar-refractivity contribution in [1.82, 2.24) is 8.75 Å². The fourth-order valence-corrected chi connectivity index (χ4v) is 8.60. The van der Waals surface area contributed by atoms with Crippen LogP contribution in [0.5, 0.6) is 0 Å². The maximum absolute atomic E-state index is 17.4. The van der Waals surface area contributed by atoms with E-state index in [9.17, 15) is 19.5 Å². The Morgan fingerprint density at radius 3 is 2.63 bits per heavy atom. The van der Waals surface area contributed by atoms with Gasteiger partial charge in [0.25, 0.3) is 0 Å². The van der Waals surface area contributed by atoms with E-state index in [0.717, 1.165) is 23.9 Å². The van der Waals surface area contributed by atoms with Gasteiger partial charge in [-0.05, 0) is 61.2 Å². The number of rotatable bonds is 3. The molecule has 5 rings (SSSR count). The average molecular weight is 525 g/mol. The molecule has 188 valence electrons. The van der Waals surface area contributed by atoms with Crippen molar-refractivity contribution in [3.05, 3.63) is 35.4 Å². The Hall–Kier alpha value is -1.98. The molecule has 0 amide bonds. The van der Waals surface area contributed by atoms with E-state index in [2.05, 4.69) is 21.4 Å². The van der Waals surface area contributed by atoms with Crippen LogP contribution in [0.1, 0.15) is 50.5 Å². The molecule has 0 bridgehead atoms. The van der Waals surface area contributed by atoms with Gasteiger partial charge in [0.1, 0.15) is 6.17 Å². The zero-order valence-corrected chi connectivity index (χ0v) is 21.1. The van der Waals surface area contributed by atoms with Crippen molar-refractivity contribution < 1.29 is 33.0 Å². The highest BCUT2D eigenvalue weighted by Gasteiger charge is 2.73. The third-order valence-electron chi connectivity index (χ3n) is 9.08. The highest BCUT2D eigenvalue weighted by atomic mass is 32.1. The largest absolute Gasteiger partial charge is 0.418 e. The normalized spacial score (nSPS) is 44.5. The summed E-state index contributed by atoms with van der Waals surface area (Å²) in [6.45, 7) is 5.20. The van der Waals surface area contributed by atoms with Gasteiger partial charge in [0.2, 0.25) is 5.78 Å². The monoisotopic (exact) mass is 524 g/mol. The lowest BCUT2D eigenvalue weighted by molar-refractivity contribution is -0.201. The van der Waals surface area contributed by atoms with Crippen LogP contribution in [0.3, 0.4) is 0 Å². The van der Waals surface area contributed by atoms with Gasteiger partial charge >= 0.3 is 5.97 Å². The molecule has 0 unspecified atom stereocenters. The smallest absolute Gasteiger partial charge is 0.365 e. The molecule has 0 aromatic carbocycles. The highest BCUT2D eigenvalue weighted by molar-refractivity contribution is 7.96. The quantitative estimate of drug-likeness (QED) is 0.459. The van der Waals surface area contributed by atoms with Gasteiger partial charge in [-0.25, -0.2) is 13.6 Å². The number of carbonyl (C=O) groups excluding carboxylic acids is 3. The molecule has 3 saturated carbocycles. The van der Waals surface area contributed by atoms with Crippen LogP contribution in [0.25, 0.3) is 0 Å². The van der Waals surface area contributed by atoms with E-state index in [0.29, 0.717) is 6.42 Å². The van der Waals surface area contributed by atoms with Crippen molar-refractivity contribution in [2.45, 2.75) is 58.0 Å². The second-order valence-electron chi connectivity index (χ2n) is 10.8. The first-order valence-electron chi connectivity index (χ1n) is 11.6. The number of alkyl halides is 2. The first-order valence-corrected chi connectivity index (χ1v) is 12.7. The van der Waals surface area contributed by atoms with Crippen LogP contribution in [0.4, 0.5) is 8.78 Å². The maximum Gasteiger partial charge on any atom is 0.365 e. The second kappa shape index (κ2) is 8.01. The second-order valence-corrected chi connectivity index (χ2v) is 11.8. The number of nitrogens with zero attached hydrogens (tertiary/aromatic N) is 2. The van der Waals surface area contributed by atoms with Crippen molar-refractivity contribution in [3.8, 4) is 0 Å². The van der Waals surface area contributed by atoms with Gasteiger partial charge < -0.3 is 9.84 Å². The molecule has 4 aliphatic rings. The van der Waals surface area contributed by atoms with Gasteiger partial charge in [-0.3, -0.25) is 9.59 Å². The Labute approximate surface area is 210 Å². The Kier molecular flexibility index (Phi) is 5.65. The van der Waals surface area contributed by atoms with Gasteiger partial charge in [-0.1, -0.05) is 13.8 Å². The number of halogens is 2. The molecule has 0 spiro atoms. The summed E-state index contributed by atoms with van der Waals surface area (Å²) < 4.78 is 45.8. The van der Waals surface area contributed by atoms with Crippen LogP contribution in [-0.2, 0) is 14.3 Å². The topological polar surface area (TPSA) is 106 Å². The average Bonchev–Trinajstić information content (AvgIpc) is 3.38. The maximum atomic E-state index is 17.4. The van der Waals surface area contributed by atoms with Crippen LogP contribution in [0, 0.1) is 34.5 Å². The number of aliphatic hydroxyl groups excluding tert-OH is 1. The van der Waals surface area contributed by atoms with Crippen LogP contribution >= 0.6 is 24.4 Å². The number of esters is 1. The zero-order chi connectivity index (χ0) is 25.5. The molecule has 9 atom stereocenters. The molecule has 11 heteroatoms. The molecule has 3 fully saturated rings. The van der Waals surface area contributed by atoms with E-state index in [1.807, 2.05) is 13.8 Å². The molecule has 1 aromatic rings. The molecule has 7 nitrogen and oxygen atoms in total. The number of fused-ring (bicyclic) bond motifs is 5. The van der Waals surface area contributed by atoms with Crippen LogP contribution in [0.2, 0.25) is 0 Å². The number of thiol groups is 1. The van der Waals surface area contributed by atoms with E-state index in [1.54, 1.807) is 0 Å². The van der Waals surface area contributed by atoms with Crippen LogP contribution in [0.15, 0.2) is 29.7 Å². The van der Waals surface area contributed by atoms with Gasteiger partial charge in [0.05, 0.1) is 29.4 Å². The molecular weight excluding hydrogens is 498 g/mol. The molecule has 0 saturated heterocycles. The minimum absolute atomic E-state index is 0.00675. The van der Waals surface area contributed by atoms with Crippen LogP contribution in [-0.4, -0.2) is 48.7 Å². The number of hydrogen-bond donors (Lipinski definition) is 2. The lowest BCUT2D eigenvalue weighted by atomic mass is 9.45. The summed E-state index contributed by atoms with van der Waals surface area (Å²) in [6.07, 6.45) is 0.419. The molecule has 1 heterocycles. The van der Waals surface area contributed by atoms with E-state index < -0.39 is 58.1 Å². The van der Waals surface area contributed by atoms with Crippen molar-refractivity contribution >= 4 is 41.2 Å². The first-order chi connectivity index (χ1) is 16.3. The minimum Gasteiger partial charge on any atom is -0.418 e. The summed E-state index contributed by atoms with van der Waals surface area (Å²) in [4.78, 5) is 37.5. The number of ketones is 1. The molecule has 4 aliphatic carbocycles. The lowest BCUT2D eigenvalue weighted by Crippen LogP contribution is -2.68.